The Kier molecular flexibility index (Phi) is 6.09. The Balaban J connectivity index is 0.00000180. The molecule has 1 heterocycles. The molecule has 5 heteroatoms. The molecule has 3 nitrogen and oxygen atoms in total. The Morgan fingerprint density at radius 1 is 1.37 bits per heavy atom. The highest BCUT2D eigenvalue weighted by atomic mass is 35.5. The number of morpholine rings is 1. The van der Waals surface area contributed by atoms with Crippen LogP contribution in [0.5, 0.6) is 0 Å². The number of aliphatic hydroxyl groups excluding tert-OH is 1. The summed E-state index contributed by atoms with van der Waals surface area (Å²) in [7, 11) is 0. The number of rotatable bonds is 3. The average molecular weight is 306 g/mol. The minimum atomic E-state index is -0.570. The number of hydrogen-bond donors (Lipinski definition) is 2. The van der Waals surface area contributed by atoms with Gasteiger partial charge in [-0.2, -0.15) is 0 Å². The molecule has 0 spiro atoms. The molecule has 2 N–H and O–H groups in total. The van der Waals surface area contributed by atoms with Crippen molar-refractivity contribution >= 4 is 24.0 Å². The fourth-order valence-corrected chi connectivity index (χ4v) is 2.42. The van der Waals surface area contributed by atoms with Gasteiger partial charge in [0, 0.05) is 23.5 Å². The molecule has 0 amide bonds. The largest absolute Gasteiger partial charge is 0.388 e. The lowest BCUT2D eigenvalue weighted by Gasteiger charge is -2.40. The van der Waals surface area contributed by atoms with E-state index in [0.29, 0.717) is 11.6 Å². The summed E-state index contributed by atoms with van der Waals surface area (Å²) in [4.78, 5) is 0. The monoisotopic (exact) mass is 305 g/mol. The summed E-state index contributed by atoms with van der Waals surface area (Å²) in [6, 6.07) is 7.34. The molecule has 2 unspecified atom stereocenters. The van der Waals surface area contributed by atoms with Gasteiger partial charge in [0.2, 0.25) is 0 Å². The zero-order valence-corrected chi connectivity index (χ0v) is 12.8. The van der Waals surface area contributed by atoms with Crippen molar-refractivity contribution in [2.45, 2.75) is 26.1 Å². The van der Waals surface area contributed by atoms with Crippen LogP contribution in [-0.4, -0.2) is 30.9 Å². The van der Waals surface area contributed by atoms with Crippen LogP contribution in [0.15, 0.2) is 24.3 Å². The highest BCUT2D eigenvalue weighted by Gasteiger charge is 2.38. The van der Waals surface area contributed by atoms with Crippen LogP contribution in [0.25, 0.3) is 0 Å². The SMILES string of the molecule is CC(C)(C1CNCCO1)C(O)c1ccc(Cl)cc1.Cl. The van der Waals surface area contributed by atoms with E-state index in [1.807, 2.05) is 26.0 Å². The molecule has 1 aliphatic heterocycles. The molecule has 1 aromatic carbocycles. The lowest BCUT2D eigenvalue weighted by molar-refractivity contribution is -0.0976. The number of aliphatic hydroxyl groups is 1. The lowest BCUT2D eigenvalue weighted by atomic mass is 9.77. The molecule has 0 aromatic heterocycles. The summed E-state index contributed by atoms with van der Waals surface area (Å²) in [5.74, 6) is 0. The number of hydrogen-bond acceptors (Lipinski definition) is 3. The molecule has 2 rings (SSSR count). The molecule has 0 bridgehead atoms. The van der Waals surface area contributed by atoms with E-state index in [9.17, 15) is 5.11 Å². The lowest BCUT2D eigenvalue weighted by Crippen LogP contribution is -2.48. The van der Waals surface area contributed by atoms with Crippen molar-refractivity contribution in [3.63, 3.8) is 0 Å². The minimum Gasteiger partial charge on any atom is -0.388 e. The number of nitrogens with one attached hydrogen (secondary N) is 1. The predicted octanol–water partition coefficient (Wildman–Crippen LogP) is 2.81. The van der Waals surface area contributed by atoms with Crippen molar-refractivity contribution in [2.75, 3.05) is 19.7 Å². The summed E-state index contributed by atoms with van der Waals surface area (Å²) in [5.41, 5.74) is 0.528. The molecule has 108 valence electrons. The minimum absolute atomic E-state index is 0. The van der Waals surface area contributed by atoms with E-state index in [-0.39, 0.29) is 23.9 Å². The molecule has 0 radical (unpaired) electrons. The van der Waals surface area contributed by atoms with E-state index in [2.05, 4.69) is 5.32 Å². The van der Waals surface area contributed by atoms with Crippen LogP contribution < -0.4 is 5.32 Å². The normalized spacial score (nSPS) is 21.6. The van der Waals surface area contributed by atoms with Gasteiger partial charge >= 0.3 is 0 Å². The number of ether oxygens (including phenoxy) is 1. The highest BCUT2D eigenvalue weighted by Crippen LogP contribution is 2.38. The van der Waals surface area contributed by atoms with Gasteiger partial charge in [0.1, 0.15) is 0 Å². The van der Waals surface area contributed by atoms with Crippen LogP contribution >= 0.6 is 24.0 Å². The van der Waals surface area contributed by atoms with Gasteiger partial charge in [-0.25, -0.2) is 0 Å². The highest BCUT2D eigenvalue weighted by molar-refractivity contribution is 6.30. The fourth-order valence-electron chi connectivity index (χ4n) is 2.29. The van der Waals surface area contributed by atoms with E-state index in [0.717, 1.165) is 18.7 Å². The first-order valence-corrected chi connectivity index (χ1v) is 6.65. The summed E-state index contributed by atoms with van der Waals surface area (Å²) in [6.07, 6.45) is -0.559. The molecule has 1 saturated heterocycles. The molecule has 19 heavy (non-hydrogen) atoms. The Morgan fingerprint density at radius 3 is 2.53 bits per heavy atom. The Morgan fingerprint density at radius 2 is 2.00 bits per heavy atom. The molecule has 1 fully saturated rings. The molecule has 1 aromatic rings. The maximum atomic E-state index is 10.5. The van der Waals surface area contributed by atoms with E-state index >= 15 is 0 Å². The second-order valence-electron chi connectivity index (χ2n) is 5.34. The first-order chi connectivity index (χ1) is 8.51. The van der Waals surface area contributed by atoms with Crippen molar-refractivity contribution in [1.82, 2.24) is 5.32 Å². The van der Waals surface area contributed by atoms with Gasteiger partial charge in [-0.3, -0.25) is 0 Å². The predicted molar refractivity (Wildman–Crippen MR) is 80.1 cm³/mol. The van der Waals surface area contributed by atoms with Crippen molar-refractivity contribution in [3.05, 3.63) is 34.9 Å². The third-order valence-corrected chi connectivity index (χ3v) is 3.90. The molecule has 2 atom stereocenters. The maximum Gasteiger partial charge on any atom is 0.0866 e. The van der Waals surface area contributed by atoms with Gasteiger partial charge in [0.05, 0.1) is 18.8 Å². The van der Waals surface area contributed by atoms with Crippen molar-refractivity contribution < 1.29 is 9.84 Å². The van der Waals surface area contributed by atoms with Gasteiger partial charge in [-0.05, 0) is 17.7 Å². The van der Waals surface area contributed by atoms with Gasteiger partial charge in [0.25, 0.3) is 0 Å². The maximum absolute atomic E-state index is 10.5. The summed E-state index contributed by atoms with van der Waals surface area (Å²) in [6.45, 7) is 6.41. The Labute approximate surface area is 125 Å². The second-order valence-corrected chi connectivity index (χ2v) is 5.78. The summed E-state index contributed by atoms with van der Waals surface area (Å²) in [5, 5.41) is 14.5. The van der Waals surface area contributed by atoms with Crippen LogP contribution in [0.4, 0.5) is 0 Å². The van der Waals surface area contributed by atoms with Crippen LogP contribution in [0.1, 0.15) is 25.5 Å². The fraction of sp³-hybridized carbons (Fsp3) is 0.571. The smallest absolute Gasteiger partial charge is 0.0866 e. The van der Waals surface area contributed by atoms with Crippen molar-refractivity contribution in [3.8, 4) is 0 Å². The van der Waals surface area contributed by atoms with Gasteiger partial charge in [-0.1, -0.05) is 37.6 Å². The van der Waals surface area contributed by atoms with Crippen LogP contribution in [0, 0.1) is 5.41 Å². The van der Waals surface area contributed by atoms with Crippen molar-refractivity contribution in [2.24, 2.45) is 5.41 Å². The quantitative estimate of drug-likeness (QED) is 0.902. The molecule has 0 aliphatic carbocycles. The molecule has 1 aliphatic rings. The summed E-state index contributed by atoms with van der Waals surface area (Å²) >= 11 is 5.86. The van der Waals surface area contributed by atoms with E-state index in [1.165, 1.54) is 0 Å². The van der Waals surface area contributed by atoms with E-state index < -0.39 is 6.10 Å². The average Bonchev–Trinajstić information content (AvgIpc) is 2.40. The Hall–Kier alpha value is -0.320. The third kappa shape index (κ3) is 3.83. The number of halogens is 2. The van der Waals surface area contributed by atoms with Gasteiger partial charge < -0.3 is 15.2 Å². The molecule has 0 saturated carbocycles. The van der Waals surface area contributed by atoms with Crippen LogP contribution in [-0.2, 0) is 4.74 Å². The van der Waals surface area contributed by atoms with Gasteiger partial charge in [-0.15, -0.1) is 12.4 Å². The zero-order valence-electron chi connectivity index (χ0n) is 11.2. The first-order valence-electron chi connectivity index (χ1n) is 6.27. The molecular formula is C14H21Cl2NO2. The standard InChI is InChI=1S/C14H20ClNO2.ClH/c1-14(2,12-9-16-7-8-18-12)13(17)10-3-5-11(15)6-4-10;/h3-6,12-13,16-17H,7-9H2,1-2H3;1H. The number of benzene rings is 1. The molecular weight excluding hydrogens is 285 g/mol. The first kappa shape index (κ1) is 16.7. The van der Waals surface area contributed by atoms with Gasteiger partial charge in [0.15, 0.2) is 0 Å². The van der Waals surface area contributed by atoms with Crippen LogP contribution in [0.2, 0.25) is 5.02 Å². The van der Waals surface area contributed by atoms with Crippen molar-refractivity contribution in [1.29, 1.82) is 0 Å². The third-order valence-electron chi connectivity index (χ3n) is 3.65. The second kappa shape index (κ2) is 6.91. The zero-order chi connectivity index (χ0) is 13.2. The summed E-state index contributed by atoms with van der Waals surface area (Å²) < 4.78 is 5.76. The van der Waals surface area contributed by atoms with E-state index in [4.69, 9.17) is 16.3 Å². The van der Waals surface area contributed by atoms with Crippen LogP contribution in [0.3, 0.4) is 0 Å². The topological polar surface area (TPSA) is 41.5 Å². The Bertz CT molecular complexity index is 389. The van der Waals surface area contributed by atoms with E-state index in [1.54, 1.807) is 12.1 Å².